The van der Waals surface area contributed by atoms with E-state index in [2.05, 4.69) is 21.2 Å². The van der Waals surface area contributed by atoms with E-state index in [1.165, 1.54) is 11.0 Å². The lowest BCUT2D eigenvalue weighted by atomic mass is 10.1. The first-order chi connectivity index (χ1) is 8.11. The zero-order chi connectivity index (χ0) is 12.4. The molecule has 17 heavy (non-hydrogen) atoms. The second kappa shape index (κ2) is 5.10. The molecule has 3 nitrogen and oxygen atoms in total. The molecule has 1 amide bonds. The molecule has 1 aromatic carbocycles. The zero-order valence-electron chi connectivity index (χ0n) is 8.97. The van der Waals surface area contributed by atoms with Crippen LogP contribution < -0.4 is 5.32 Å². The van der Waals surface area contributed by atoms with Crippen LogP contribution in [-0.2, 0) is 0 Å². The van der Waals surface area contributed by atoms with Crippen LogP contribution in [0.4, 0.5) is 8.78 Å². The Morgan fingerprint density at radius 3 is 2.59 bits per heavy atom. The number of carbonyl (C=O) groups excluding carboxylic acids is 1. The van der Waals surface area contributed by atoms with Crippen molar-refractivity contribution >= 4 is 21.8 Å². The van der Waals surface area contributed by atoms with Gasteiger partial charge in [-0.15, -0.1) is 0 Å². The van der Waals surface area contributed by atoms with Gasteiger partial charge in [0.25, 0.3) is 5.91 Å². The van der Waals surface area contributed by atoms with Gasteiger partial charge in [0, 0.05) is 26.2 Å². The van der Waals surface area contributed by atoms with Gasteiger partial charge in [-0.3, -0.25) is 4.79 Å². The smallest absolute Gasteiger partial charge is 0.259 e. The first kappa shape index (κ1) is 12.4. The van der Waals surface area contributed by atoms with Crippen LogP contribution >= 0.6 is 15.9 Å². The van der Waals surface area contributed by atoms with Gasteiger partial charge in [-0.1, -0.05) is 0 Å². The largest absolute Gasteiger partial charge is 0.336 e. The lowest BCUT2D eigenvalue weighted by molar-refractivity contribution is 0.0725. The van der Waals surface area contributed by atoms with Gasteiger partial charge in [0.05, 0.1) is 4.47 Å². The second-order valence-corrected chi connectivity index (χ2v) is 4.61. The summed E-state index contributed by atoms with van der Waals surface area (Å²) in [6, 6.07) is 2.34. The molecule has 6 heteroatoms. The molecule has 0 aromatic heterocycles. The molecule has 0 atom stereocenters. The SMILES string of the molecule is O=C(c1c(F)ccc(Br)c1F)N1CCNCC1. The van der Waals surface area contributed by atoms with E-state index in [1.807, 2.05) is 0 Å². The minimum atomic E-state index is -0.839. The van der Waals surface area contributed by atoms with Crippen molar-refractivity contribution < 1.29 is 13.6 Å². The highest BCUT2D eigenvalue weighted by atomic mass is 79.9. The number of hydrogen-bond donors (Lipinski definition) is 1. The maximum absolute atomic E-state index is 13.7. The minimum Gasteiger partial charge on any atom is -0.336 e. The molecule has 0 unspecified atom stereocenters. The topological polar surface area (TPSA) is 32.3 Å². The average Bonchev–Trinajstić information content (AvgIpc) is 2.35. The van der Waals surface area contributed by atoms with E-state index in [0.29, 0.717) is 26.2 Å². The van der Waals surface area contributed by atoms with Crippen molar-refractivity contribution in [2.45, 2.75) is 0 Å². The van der Waals surface area contributed by atoms with Crippen LogP contribution in [0.3, 0.4) is 0 Å². The molecule has 0 saturated carbocycles. The number of nitrogens with zero attached hydrogens (tertiary/aromatic N) is 1. The molecule has 0 bridgehead atoms. The fourth-order valence-electron chi connectivity index (χ4n) is 1.75. The van der Waals surface area contributed by atoms with Crippen LogP contribution in [0.1, 0.15) is 10.4 Å². The second-order valence-electron chi connectivity index (χ2n) is 3.76. The summed E-state index contributed by atoms with van der Waals surface area (Å²) in [4.78, 5) is 13.4. The van der Waals surface area contributed by atoms with Crippen molar-refractivity contribution in [3.8, 4) is 0 Å². The Labute approximate surface area is 106 Å². The quantitative estimate of drug-likeness (QED) is 0.802. The molecule has 1 fully saturated rings. The zero-order valence-corrected chi connectivity index (χ0v) is 10.6. The van der Waals surface area contributed by atoms with Crippen molar-refractivity contribution in [3.05, 3.63) is 33.8 Å². The summed E-state index contributed by atoms with van der Waals surface area (Å²) in [6.45, 7) is 2.21. The third-order valence-electron chi connectivity index (χ3n) is 2.66. The summed E-state index contributed by atoms with van der Waals surface area (Å²) in [5, 5.41) is 3.07. The molecule has 92 valence electrons. The summed E-state index contributed by atoms with van der Waals surface area (Å²) < 4.78 is 27.3. The van der Waals surface area contributed by atoms with E-state index in [-0.39, 0.29) is 4.47 Å². The third kappa shape index (κ3) is 2.47. The summed E-state index contributed by atoms with van der Waals surface area (Å²) in [6.07, 6.45) is 0. The van der Waals surface area contributed by atoms with E-state index in [0.717, 1.165) is 6.07 Å². The molecule has 1 aliphatic heterocycles. The number of amides is 1. The Hall–Kier alpha value is -1.01. The van der Waals surface area contributed by atoms with Crippen molar-refractivity contribution in [3.63, 3.8) is 0 Å². The van der Waals surface area contributed by atoms with Crippen LogP contribution in [0.2, 0.25) is 0 Å². The first-order valence-corrected chi connectivity index (χ1v) is 6.04. The predicted molar refractivity (Wildman–Crippen MR) is 62.8 cm³/mol. The van der Waals surface area contributed by atoms with Crippen LogP contribution in [0.15, 0.2) is 16.6 Å². The fourth-order valence-corrected chi connectivity index (χ4v) is 2.08. The summed E-state index contributed by atoms with van der Waals surface area (Å²) >= 11 is 2.95. The predicted octanol–water partition coefficient (Wildman–Crippen LogP) is 1.77. The number of benzene rings is 1. The Kier molecular flexibility index (Phi) is 3.73. The number of piperazine rings is 1. The molecule has 0 radical (unpaired) electrons. The molecule has 1 aromatic rings. The van der Waals surface area contributed by atoms with Gasteiger partial charge in [-0.05, 0) is 28.1 Å². The van der Waals surface area contributed by atoms with Gasteiger partial charge in [0.15, 0.2) is 5.82 Å². The number of hydrogen-bond acceptors (Lipinski definition) is 2. The Morgan fingerprint density at radius 2 is 1.94 bits per heavy atom. The van der Waals surface area contributed by atoms with Crippen LogP contribution in [-0.4, -0.2) is 37.0 Å². The van der Waals surface area contributed by atoms with E-state index in [9.17, 15) is 13.6 Å². The molecule has 1 N–H and O–H groups in total. The monoisotopic (exact) mass is 304 g/mol. The highest BCUT2D eigenvalue weighted by Gasteiger charge is 2.25. The summed E-state index contributed by atoms with van der Waals surface area (Å²) in [5.41, 5.74) is -0.485. The molecule has 0 spiro atoms. The normalized spacial score (nSPS) is 16.1. The number of halogens is 3. The van der Waals surface area contributed by atoms with E-state index in [4.69, 9.17) is 0 Å². The van der Waals surface area contributed by atoms with Crippen molar-refractivity contribution in [2.24, 2.45) is 0 Å². The Morgan fingerprint density at radius 1 is 1.29 bits per heavy atom. The molecule has 1 heterocycles. The van der Waals surface area contributed by atoms with Crippen LogP contribution in [0.5, 0.6) is 0 Å². The highest BCUT2D eigenvalue weighted by molar-refractivity contribution is 9.10. The fraction of sp³-hybridized carbons (Fsp3) is 0.364. The molecular weight excluding hydrogens is 294 g/mol. The molecule has 2 rings (SSSR count). The summed E-state index contributed by atoms with van der Waals surface area (Å²) in [5.74, 6) is -2.26. The maximum atomic E-state index is 13.7. The van der Waals surface area contributed by atoms with Crippen LogP contribution in [0, 0.1) is 11.6 Å². The minimum absolute atomic E-state index is 0.0948. The summed E-state index contributed by atoms with van der Waals surface area (Å²) in [7, 11) is 0. The van der Waals surface area contributed by atoms with Gasteiger partial charge in [0.2, 0.25) is 0 Å². The van der Waals surface area contributed by atoms with Gasteiger partial charge < -0.3 is 10.2 Å². The van der Waals surface area contributed by atoms with Gasteiger partial charge >= 0.3 is 0 Å². The standard InChI is InChI=1S/C11H11BrF2N2O/c12-7-1-2-8(13)9(10(7)14)11(17)16-5-3-15-4-6-16/h1-2,15H,3-6H2. The van der Waals surface area contributed by atoms with Crippen molar-refractivity contribution in [1.29, 1.82) is 0 Å². The molecule has 1 aliphatic rings. The van der Waals surface area contributed by atoms with E-state index >= 15 is 0 Å². The molecule has 1 saturated heterocycles. The number of rotatable bonds is 1. The average molecular weight is 305 g/mol. The van der Waals surface area contributed by atoms with Crippen molar-refractivity contribution in [1.82, 2.24) is 10.2 Å². The van der Waals surface area contributed by atoms with Gasteiger partial charge in [-0.25, -0.2) is 8.78 Å². The van der Waals surface area contributed by atoms with Crippen LogP contribution in [0.25, 0.3) is 0 Å². The lowest BCUT2D eigenvalue weighted by Crippen LogP contribution is -2.46. The number of carbonyl (C=O) groups is 1. The van der Waals surface area contributed by atoms with Gasteiger partial charge in [-0.2, -0.15) is 0 Å². The maximum Gasteiger partial charge on any atom is 0.259 e. The third-order valence-corrected chi connectivity index (χ3v) is 3.27. The highest BCUT2D eigenvalue weighted by Crippen LogP contribution is 2.23. The first-order valence-electron chi connectivity index (χ1n) is 5.24. The number of nitrogens with one attached hydrogen (secondary N) is 1. The molecular formula is C11H11BrF2N2O. The molecule has 0 aliphatic carbocycles. The van der Waals surface area contributed by atoms with E-state index in [1.54, 1.807) is 0 Å². The lowest BCUT2D eigenvalue weighted by Gasteiger charge is -2.27. The Balaban J connectivity index is 2.32. The Bertz CT molecular complexity index is 447. The van der Waals surface area contributed by atoms with Gasteiger partial charge in [0.1, 0.15) is 11.4 Å². The van der Waals surface area contributed by atoms with E-state index < -0.39 is 23.1 Å². The van der Waals surface area contributed by atoms with Crippen molar-refractivity contribution in [2.75, 3.05) is 26.2 Å².